The van der Waals surface area contributed by atoms with Gasteiger partial charge in [-0.05, 0) is 56.2 Å². The van der Waals surface area contributed by atoms with Gasteiger partial charge in [0.15, 0.2) is 15.8 Å². The van der Waals surface area contributed by atoms with Crippen LogP contribution in [0.5, 0.6) is 11.5 Å². The molecule has 0 aromatic heterocycles. The molecular formula is C21H21NO3S2. The topological polar surface area (TPSA) is 38.8 Å². The zero-order valence-electron chi connectivity index (χ0n) is 15.7. The third kappa shape index (κ3) is 4.01. The second kappa shape index (κ2) is 8.15. The molecule has 4 nitrogen and oxygen atoms in total. The SMILES string of the molecule is CCOc1ccc(/C=C2\SC(=S)N(c3ccc(C)cc3C)C2=O)cc1OC. The van der Waals surface area contributed by atoms with Crippen LogP contribution < -0.4 is 14.4 Å². The number of carbonyl (C=O) groups is 1. The fraction of sp³-hybridized carbons (Fsp3) is 0.238. The summed E-state index contributed by atoms with van der Waals surface area (Å²) in [5.41, 5.74) is 3.86. The number of nitrogens with zero attached hydrogens (tertiary/aromatic N) is 1. The molecule has 0 spiro atoms. The fourth-order valence-corrected chi connectivity index (χ4v) is 4.22. The van der Waals surface area contributed by atoms with E-state index in [4.69, 9.17) is 21.7 Å². The predicted octanol–water partition coefficient (Wildman–Crippen LogP) is 5.12. The maximum absolute atomic E-state index is 13.0. The van der Waals surface area contributed by atoms with E-state index in [2.05, 4.69) is 6.07 Å². The van der Waals surface area contributed by atoms with Gasteiger partial charge in [-0.1, -0.05) is 47.7 Å². The number of rotatable bonds is 5. The van der Waals surface area contributed by atoms with Crippen LogP contribution in [-0.4, -0.2) is 23.9 Å². The molecule has 140 valence electrons. The molecule has 27 heavy (non-hydrogen) atoms. The Morgan fingerprint density at radius 3 is 2.59 bits per heavy atom. The van der Waals surface area contributed by atoms with Gasteiger partial charge in [0.1, 0.15) is 0 Å². The zero-order valence-corrected chi connectivity index (χ0v) is 17.4. The van der Waals surface area contributed by atoms with E-state index in [0.717, 1.165) is 22.4 Å². The van der Waals surface area contributed by atoms with Gasteiger partial charge < -0.3 is 9.47 Å². The third-order valence-electron chi connectivity index (χ3n) is 4.17. The highest BCUT2D eigenvalue weighted by Gasteiger charge is 2.34. The molecule has 1 aliphatic rings. The summed E-state index contributed by atoms with van der Waals surface area (Å²) in [6, 6.07) is 11.6. The first-order chi connectivity index (χ1) is 12.9. The molecule has 1 fully saturated rings. The monoisotopic (exact) mass is 399 g/mol. The fourth-order valence-electron chi connectivity index (χ4n) is 2.93. The van der Waals surface area contributed by atoms with Crippen molar-refractivity contribution in [2.75, 3.05) is 18.6 Å². The van der Waals surface area contributed by atoms with E-state index in [9.17, 15) is 4.79 Å². The van der Waals surface area contributed by atoms with E-state index in [1.54, 1.807) is 12.0 Å². The van der Waals surface area contributed by atoms with Crippen molar-refractivity contribution in [1.82, 2.24) is 0 Å². The summed E-state index contributed by atoms with van der Waals surface area (Å²) in [6.07, 6.45) is 1.83. The number of carbonyl (C=O) groups excluding carboxylic acids is 1. The number of anilines is 1. The molecule has 3 rings (SSSR count). The average molecular weight is 400 g/mol. The van der Waals surface area contributed by atoms with E-state index < -0.39 is 0 Å². The Bertz CT molecular complexity index is 937. The lowest BCUT2D eigenvalue weighted by Crippen LogP contribution is -2.28. The van der Waals surface area contributed by atoms with Gasteiger partial charge in [-0.25, -0.2) is 0 Å². The van der Waals surface area contributed by atoms with Crippen LogP contribution in [-0.2, 0) is 4.79 Å². The Balaban J connectivity index is 1.92. The van der Waals surface area contributed by atoms with Gasteiger partial charge in [0.25, 0.3) is 5.91 Å². The van der Waals surface area contributed by atoms with Gasteiger partial charge in [0.2, 0.25) is 0 Å². The van der Waals surface area contributed by atoms with Gasteiger partial charge in [-0.15, -0.1) is 0 Å². The summed E-state index contributed by atoms with van der Waals surface area (Å²) in [6.45, 7) is 6.50. The molecule has 0 bridgehead atoms. The summed E-state index contributed by atoms with van der Waals surface area (Å²) in [5.74, 6) is 1.21. The molecule has 2 aromatic rings. The van der Waals surface area contributed by atoms with E-state index in [1.165, 1.54) is 11.8 Å². The molecule has 0 unspecified atom stereocenters. The van der Waals surface area contributed by atoms with Crippen molar-refractivity contribution in [3.8, 4) is 11.5 Å². The zero-order chi connectivity index (χ0) is 19.6. The molecule has 1 amide bonds. The van der Waals surface area contributed by atoms with Crippen LogP contribution in [0.1, 0.15) is 23.6 Å². The van der Waals surface area contributed by atoms with Crippen molar-refractivity contribution in [2.24, 2.45) is 0 Å². The number of methoxy groups -OCH3 is 1. The molecule has 0 saturated carbocycles. The van der Waals surface area contributed by atoms with Crippen molar-refractivity contribution in [2.45, 2.75) is 20.8 Å². The van der Waals surface area contributed by atoms with Gasteiger partial charge in [0, 0.05) is 0 Å². The van der Waals surface area contributed by atoms with Crippen molar-refractivity contribution in [1.29, 1.82) is 0 Å². The first-order valence-corrected chi connectivity index (χ1v) is 9.83. The Hall–Kier alpha value is -2.31. The minimum Gasteiger partial charge on any atom is -0.493 e. The largest absolute Gasteiger partial charge is 0.493 e. The Morgan fingerprint density at radius 2 is 1.93 bits per heavy atom. The van der Waals surface area contributed by atoms with Crippen LogP contribution in [0.15, 0.2) is 41.3 Å². The Labute approximate surface area is 169 Å². The average Bonchev–Trinajstić information content (AvgIpc) is 2.90. The maximum atomic E-state index is 13.0. The second-order valence-electron chi connectivity index (χ2n) is 6.15. The maximum Gasteiger partial charge on any atom is 0.270 e. The molecule has 1 heterocycles. The molecule has 2 aromatic carbocycles. The molecule has 0 radical (unpaired) electrons. The van der Waals surface area contributed by atoms with Crippen molar-refractivity contribution >= 4 is 46.0 Å². The summed E-state index contributed by atoms with van der Waals surface area (Å²) < 4.78 is 11.5. The van der Waals surface area contributed by atoms with Crippen LogP contribution in [0.25, 0.3) is 6.08 Å². The molecule has 0 atom stereocenters. The lowest BCUT2D eigenvalue weighted by atomic mass is 10.1. The highest BCUT2D eigenvalue weighted by Crippen LogP contribution is 2.38. The van der Waals surface area contributed by atoms with Gasteiger partial charge in [-0.3, -0.25) is 9.69 Å². The minimum absolute atomic E-state index is 0.107. The lowest BCUT2D eigenvalue weighted by molar-refractivity contribution is -0.113. The van der Waals surface area contributed by atoms with Gasteiger partial charge in [-0.2, -0.15) is 0 Å². The number of benzene rings is 2. The quantitative estimate of drug-likeness (QED) is 0.516. The van der Waals surface area contributed by atoms with Gasteiger partial charge in [0.05, 0.1) is 24.3 Å². The van der Waals surface area contributed by atoms with Crippen molar-refractivity contribution in [3.63, 3.8) is 0 Å². The van der Waals surface area contributed by atoms with E-state index in [0.29, 0.717) is 27.3 Å². The normalized spacial score (nSPS) is 15.6. The number of amides is 1. The number of hydrogen-bond acceptors (Lipinski definition) is 5. The number of thioether (sulfide) groups is 1. The molecular weight excluding hydrogens is 378 g/mol. The Kier molecular flexibility index (Phi) is 5.87. The molecule has 0 N–H and O–H groups in total. The van der Waals surface area contributed by atoms with Crippen LogP contribution in [0.4, 0.5) is 5.69 Å². The smallest absolute Gasteiger partial charge is 0.270 e. The third-order valence-corrected chi connectivity index (χ3v) is 5.47. The molecule has 1 aliphatic heterocycles. The van der Waals surface area contributed by atoms with Crippen LogP contribution in [0, 0.1) is 13.8 Å². The predicted molar refractivity (Wildman–Crippen MR) is 116 cm³/mol. The minimum atomic E-state index is -0.107. The summed E-state index contributed by atoms with van der Waals surface area (Å²) >= 11 is 6.78. The van der Waals surface area contributed by atoms with Crippen molar-refractivity contribution < 1.29 is 14.3 Å². The Morgan fingerprint density at radius 1 is 1.15 bits per heavy atom. The van der Waals surface area contributed by atoms with Crippen LogP contribution in [0.2, 0.25) is 0 Å². The van der Waals surface area contributed by atoms with E-state index in [-0.39, 0.29) is 5.91 Å². The highest BCUT2D eigenvalue weighted by atomic mass is 32.2. The summed E-state index contributed by atoms with van der Waals surface area (Å²) in [4.78, 5) is 15.2. The van der Waals surface area contributed by atoms with E-state index >= 15 is 0 Å². The van der Waals surface area contributed by atoms with Crippen molar-refractivity contribution in [3.05, 3.63) is 58.0 Å². The summed E-state index contributed by atoms with van der Waals surface area (Å²) in [7, 11) is 1.60. The standard InChI is InChI=1S/C21H21NO3S2/c1-5-25-17-9-7-15(11-18(17)24-4)12-19-20(23)22(21(26)27-19)16-8-6-13(2)10-14(16)3/h6-12H,5H2,1-4H3/b19-12-. The molecule has 0 aliphatic carbocycles. The molecule has 6 heteroatoms. The highest BCUT2D eigenvalue weighted by molar-refractivity contribution is 8.27. The lowest BCUT2D eigenvalue weighted by Gasteiger charge is -2.17. The number of thiocarbonyl (C=S) groups is 1. The van der Waals surface area contributed by atoms with Crippen LogP contribution in [0.3, 0.4) is 0 Å². The first-order valence-electron chi connectivity index (χ1n) is 8.60. The van der Waals surface area contributed by atoms with Gasteiger partial charge >= 0.3 is 0 Å². The number of aryl methyl sites for hydroxylation is 2. The first kappa shape index (κ1) is 19.5. The summed E-state index contributed by atoms with van der Waals surface area (Å²) in [5, 5.41) is 0. The van der Waals surface area contributed by atoms with E-state index in [1.807, 2.05) is 57.2 Å². The van der Waals surface area contributed by atoms with Crippen LogP contribution >= 0.6 is 24.0 Å². The second-order valence-corrected chi connectivity index (χ2v) is 7.83. The number of hydrogen-bond donors (Lipinski definition) is 0. The molecule has 1 saturated heterocycles. The number of ether oxygens (including phenoxy) is 2.